The van der Waals surface area contributed by atoms with Crippen molar-refractivity contribution in [1.82, 2.24) is 10.2 Å². The minimum absolute atomic E-state index is 0.305. The van der Waals surface area contributed by atoms with E-state index in [1.807, 2.05) is 48.5 Å². The molecule has 2 aromatic rings. The Labute approximate surface area is 167 Å². The molecule has 0 aromatic heterocycles. The molecular formula is C21H23F3N2O3. The first-order chi connectivity index (χ1) is 13.8. The number of nitrogens with zero attached hydrogens (tertiary/aromatic N) is 1. The maximum absolute atomic E-state index is 12.9. The number of aliphatic hydroxyl groups excluding tert-OH is 1. The van der Waals surface area contributed by atoms with Gasteiger partial charge in [-0.2, -0.15) is 13.2 Å². The van der Waals surface area contributed by atoms with Gasteiger partial charge in [-0.1, -0.05) is 42.5 Å². The van der Waals surface area contributed by atoms with Gasteiger partial charge >= 0.3 is 6.18 Å². The molecular weight excluding hydrogens is 385 g/mol. The number of benzene rings is 2. The second-order valence-electron chi connectivity index (χ2n) is 6.87. The Kier molecular flexibility index (Phi) is 6.44. The molecule has 2 atom stereocenters. The SMILES string of the molecule is COc1ccccc1[C@H]1c2ccccc2CCN1C(=O)CNCC(O)C(F)(F)F. The zero-order chi connectivity index (χ0) is 21.0. The van der Waals surface area contributed by atoms with E-state index < -0.39 is 24.9 Å². The van der Waals surface area contributed by atoms with Crippen molar-refractivity contribution in [3.8, 4) is 5.75 Å². The second-order valence-corrected chi connectivity index (χ2v) is 6.87. The van der Waals surface area contributed by atoms with E-state index in [0.717, 1.165) is 16.7 Å². The molecule has 2 N–H and O–H groups in total. The summed E-state index contributed by atoms with van der Waals surface area (Å²) in [7, 11) is 1.56. The van der Waals surface area contributed by atoms with E-state index in [1.54, 1.807) is 12.0 Å². The molecule has 156 valence electrons. The molecule has 3 rings (SSSR count). The average molecular weight is 408 g/mol. The van der Waals surface area contributed by atoms with Gasteiger partial charge < -0.3 is 20.1 Å². The highest BCUT2D eigenvalue weighted by Crippen LogP contribution is 2.39. The largest absolute Gasteiger partial charge is 0.496 e. The Morgan fingerprint density at radius 2 is 1.86 bits per heavy atom. The van der Waals surface area contributed by atoms with Crippen LogP contribution in [-0.4, -0.2) is 54.9 Å². The number of hydrogen-bond donors (Lipinski definition) is 2. The summed E-state index contributed by atoms with van der Waals surface area (Å²) in [5.41, 5.74) is 2.89. The Morgan fingerprint density at radius 1 is 1.21 bits per heavy atom. The van der Waals surface area contributed by atoms with E-state index in [9.17, 15) is 18.0 Å². The Bertz CT molecular complexity index is 857. The number of methoxy groups -OCH3 is 1. The number of fused-ring (bicyclic) bond motifs is 1. The minimum Gasteiger partial charge on any atom is -0.496 e. The third-order valence-electron chi connectivity index (χ3n) is 5.03. The maximum Gasteiger partial charge on any atom is 0.415 e. The number of rotatable bonds is 6. The third kappa shape index (κ3) is 4.71. The van der Waals surface area contributed by atoms with Crippen LogP contribution in [0.25, 0.3) is 0 Å². The molecule has 2 aromatic carbocycles. The number of halogens is 3. The summed E-state index contributed by atoms with van der Waals surface area (Å²) < 4.78 is 42.9. The molecule has 0 bridgehead atoms. The van der Waals surface area contributed by atoms with E-state index in [4.69, 9.17) is 9.84 Å². The molecule has 0 spiro atoms. The van der Waals surface area contributed by atoms with E-state index >= 15 is 0 Å². The lowest BCUT2D eigenvalue weighted by Crippen LogP contribution is -2.47. The van der Waals surface area contributed by atoms with Gasteiger partial charge in [-0.25, -0.2) is 0 Å². The first-order valence-electron chi connectivity index (χ1n) is 9.28. The maximum atomic E-state index is 12.9. The van der Waals surface area contributed by atoms with Gasteiger partial charge in [0.05, 0.1) is 19.7 Å². The van der Waals surface area contributed by atoms with Crippen LogP contribution in [0, 0.1) is 0 Å². The molecule has 1 heterocycles. The van der Waals surface area contributed by atoms with Crippen LogP contribution in [0.5, 0.6) is 5.75 Å². The topological polar surface area (TPSA) is 61.8 Å². The molecule has 5 nitrogen and oxygen atoms in total. The highest BCUT2D eigenvalue weighted by atomic mass is 19.4. The van der Waals surface area contributed by atoms with Gasteiger partial charge in [0.25, 0.3) is 0 Å². The number of ether oxygens (including phenoxy) is 1. The standard InChI is InChI=1S/C21H23F3N2O3/c1-29-17-9-5-4-8-16(17)20-15-7-3-2-6-14(15)10-11-26(20)19(28)13-25-12-18(27)21(22,23)24/h2-9,18,20,25,27H,10-13H2,1H3/t18?,20-/m1/s1. The number of para-hydroxylation sites is 1. The van der Waals surface area contributed by atoms with Crippen molar-refractivity contribution in [2.24, 2.45) is 0 Å². The van der Waals surface area contributed by atoms with Gasteiger partial charge in [0, 0.05) is 18.7 Å². The second kappa shape index (κ2) is 8.84. The monoisotopic (exact) mass is 408 g/mol. The molecule has 1 aliphatic rings. The number of hydrogen-bond acceptors (Lipinski definition) is 4. The summed E-state index contributed by atoms with van der Waals surface area (Å²) in [6.07, 6.45) is -6.58. The van der Waals surface area contributed by atoms with Gasteiger partial charge in [-0.05, 0) is 23.6 Å². The van der Waals surface area contributed by atoms with Crippen molar-refractivity contribution in [2.45, 2.75) is 24.7 Å². The number of aliphatic hydroxyl groups is 1. The Hall–Kier alpha value is -2.58. The molecule has 0 saturated heterocycles. The van der Waals surface area contributed by atoms with Crippen molar-refractivity contribution in [1.29, 1.82) is 0 Å². The van der Waals surface area contributed by atoms with Gasteiger partial charge in [0.15, 0.2) is 6.10 Å². The van der Waals surface area contributed by atoms with E-state index in [2.05, 4.69) is 5.32 Å². The number of amides is 1. The Balaban J connectivity index is 1.84. The lowest BCUT2D eigenvalue weighted by molar-refractivity contribution is -0.201. The molecule has 8 heteroatoms. The predicted molar refractivity (Wildman–Crippen MR) is 102 cm³/mol. The van der Waals surface area contributed by atoms with Crippen LogP contribution in [0.4, 0.5) is 13.2 Å². The fourth-order valence-electron chi connectivity index (χ4n) is 3.60. The average Bonchev–Trinajstić information content (AvgIpc) is 2.72. The summed E-state index contributed by atoms with van der Waals surface area (Å²) in [5.74, 6) is 0.289. The molecule has 0 radical (unpaired) electrons. The smallest absolute Gasteiger partial charge is 0.415 e. The van der Waals surface area contributed by atoms with Crippen LogP contribution in [-0.2, 0) is 11.2 Å². The summed E-state index contributed by atoms with van der Waals surface area (Å²) in [6.45, 7) is -0.609. The van der Waals surface area contributed by atoms with Crippen molar-refractivity contribution in [3.05, 3.63) is 65.2 Å². The normalized spacial score (nSPS) is 17.6. The van der Waals surface area contributed by atoms with Gasteiger partial charge in [-0.15, -0.1) is 0 Å². The predicted octanol–water partition coefficient (Wildman–Crippen LogP) is 2.68. The number of nitrogens with one attached hydrogen (secondary N) is 1. The van der Waals surface area contributed by atoms with Gasteiger partial charge in [-0.3, -0.25) is 4.79 Å². The molecule has 1 amide bonds. The van der Waals surface area contributed by atoms with Crippen molar-refractivity contribution < 1.29 is 27.8 Å². The lowest BCUT2D eigenvalue weighted by Gasteiger charge is -2.38. The first kappa shape index (κ1) is 21.1. The van der Waals surface area contributed by atoms with Crippen LogP contribution in [0.3, 0.4) is 0 Å². The summed E-state index contributed by atoms with van der Waals surface area (Å²) >= 11 is 0. The fraction of sp³-hybridized carbons (Fsp3) is 0.381. The fourth-order valence-corrected chi connectivity index (χ4v) is 3.60. The van der Waals surface area contributed by atoms with Crippen LogP contribution in [0.1, 0.15) is 22.7 Å². The van der Waals surface area contributed by atoms with Crippen molar-refractivity contribution >= 4 is 5.91 Å². The van der Waals surface area contributed by atoms with Crippen LogP contribution in [0.2, 0.25) is 0 Å². The van der Waals surface area contributed by atoms with E-state index in [1.165, 1.54) is 0 Å². The molecule has 1 unspecified atom stereocenters. The lowest BCUT2D eigenvalue weighted by atomic mass is 9.87. The third-order valence-corrected chi connectivity index (χ3v) is 5.03. The van der Waals surface area contributed by atoms with Crippen molar-refractivity contribution in [3.63, 3.8) is 0 Å². The number of alkyl halides is 3. The van der Waals surface area contributed by atoms with E-state index in [0.29, 0.717) is 18.7 Å². The molecule has 0 fully saturated rings. The van der Waals surface area contributed by atoms with Crippen molar-refractivity contribution in [2.75, 3.05) is 26.7 Å². The molecule has 29 heavy (non-hydrogen) atoms. The Morgan fingerprint density at radius 3 is 2.55 bits per heavy atom. The minimum atomic E-state index is -4.72. The number of carbonyl (C=O) groups is 1. The summed E-state index contributed by atoms with van der Waals surface area (Å²) in [4.78, 5) is 14.5. The quantitative estimate of drug-likeness (QED) is 0.772. The summed E-state index contributed by atoms with van der Waals surface area (Å²) in [6, 6.07) is 14.8. The van der Waals surface area contributed by atoms with Gasteiger partial charge in [0.1, 0.15) is 5.75 Å². The number of carbonyl (C=O) groups excluding carboxylic acids is 1. The summed E-state index contributed by atoms with van der Waals surface area (Å²) in [5, 5.41) is 11.5. The van der Waals surface area contributed by atoms with E-state index in [-0.39, 0.29) is 12.5 Å². The van der Waals surface area contributed by atoms with Gasteiger partial charge in [0.2, 0.25) is 5.91 Å². The van der Waals surface area contributed by atoms with Crippen LogP contribution >= 0.6 is 0 Å². The van der Waals surface area contributed by atoms with Crippen LogP contribution < -0.4 is 10.1 Å². The zero-order valence-electron chi connectivity index (χ0n) is 15.9. The zero-order valence-corrected chi connectivity index (χ0v) is 15.9. The first-order valence-corrected chi connectivity index (χ1v) is 9.28. The highest BCUT2D eigenvalue weighted by Gasteiger charge is 2.38. The molecule has 0 saturated carbocycles. The highest BCUT2D eigenvalue weighted by molar-refractivity contribution is 5.80. The van der Waals surface area contributed by atoms with Crippen LogP contribution in [0.15, 0.2) is 48.5 Å². The molecule has 1 aliphatic heterocycles. The molecule has 0 aliphatic carbocycles.